The number of hydrazine groups is 1. The molecule has 0 radical (unpaired) electrons. The van der Waals surface area contributed by atoms with Gasteiger partial charge in [0.15, 0.2) is 4.32 Å². The van der Waals surface area contributed by atoms with Crippen molar-refractivity contribution >= 4 is 57.5 Å². The number of carbonyl (C=O) groups is 2. The Bertz CT molecular complexity index is 831. The van der Waals surface area contributed by atoms with E-state index in [1.54, 1.807) is 30.3 Å². The predicted molar refractivity (Wildman–Crippen MR) is 99.8 cm³/mol. The Morgan fingerprint density at radius 3 is 2.79 bits per heavy atom. The lowest BCUT2D eigenvalue weighted by Gasteiger charge is -2.16. The van der Waals surface area contributed by atoms with Crippen LogP contribution in [0.25, 0.3) is 6.08 Å². The Kier molecular flexibility index (Phi) is 4.98. The molecule has 0 spiro atoms. The van der Waals surface area contributed by atoms with Gasteiger partial charge >= 0.3 is 0 Å². The molecule has 8 heteroatoms. The van der Waals surface area contributed by atoms with E-state index in [1.165, 1.54) is 18.4 Å². The van der Waals surface area contributed by atoms with Crippen molar-refractivity contribution in [2.45, 2.75) is 0 Å². The van der Waals surface area contributed by atoms with Crippen LogP contribution < -0.4 is 10.2 Å². The smallest absolute Gasteiger partial charge is 0.285 e. The molecule has 0 saturated carbocycles. The number of ether oxygens (including phenoxy) is 1. The molecule has 0 bridgehead atoms. The van der Waals surface area contributed by atoms with Crippen LogP contribution in [0.3, 0.4) is 0 Å². The van der Waals surface area contributed by atoms with Crippen LogP contribution in [0.5, 0.6) is 5.75 Å². The molecule has 3 rings (SSSR count). The summed E-state index contributed by atoms with van der Waals surface area (Å²) < 4.78 is 5.45. The number of nitrogens with zero attached hydrogens (tertiary/aromatic N) is 1. The molecule has 1 fully saturated rings. The number of thioether (sulfide) groups is 1. The van der Waals surface area contributed by atoms with E-state index in [2.05, 4.69) is 5.43 Å². The Morgan fingerprint density at radius 1 is 1.29 bits per heavy atom. The summed E-state index contributed by atoms with van der Waals surface area (Å²) in [4.78, 5) is 26.3. The van der Waals surface area contributed by atoms with Crippen molar-refractivity contribution in [3.63, 3.8) is 0 Å². The maximum Gasteiger partial charge on any atom is 0.285 e. The summed E-state index contributed by atoms with van der Waals surface area (Å²) >= 11 is 7.88. The van der Waals surface area contributed by atoms with Gasteiger partial charge in [-0.3, -0.25) is 15.0 Å². The molecular weight excluding hydrogens is 364 g/mol. The summed E-state index contributed by atoms with van der Waals surface area (Å²) in [7, 11) is 1.48. The molecule has 0 aliphatic carbocycles. The van der Waals surface area contributed by atoms with Gasteiger partial charge in [0.1, 0.15) is 5.75 Å². The van der Waals surface area contributed by atoms with Crippen molar-refractivity contribution in [1.82, 2.24) is 10.4 Å². The van der Waals surface area contributed by atoms with Crippen molar-refractivity contribution in [3.05, 3.63) is 57.1 Å². The van der Waals surface area contributed by atoms with Crippen molar-refractivity contribution < 1.29 is 14.3 Å². The zero-order valence-electron chi connectivity index (χ0n) is 12.5. The van der Waals surface area contributed by atoms with Crippen LogP contribution in [0.4, 0.5) is 0 Å². The molecule has 2 aromatic rings. The minimum Gasteiger partial charge on any atom is -0.496 e. The van der Waals surface area contributed by atoms with Gasteiger partial charge in [-0.25, -0.2) is 0 Å². The van der Waals surface area contributed by atoms with Gasteiger partial charge in [0.05, 0.1) is 17.6 Å². The van der Waals surface area contributed by atoms with Crippen LogP contribution in [-0.2, 0) is 4.79 Å². The molecule has 2 heterocycles. The summed E-state index contributed by atoms with van der Waals surface area (Å²) in [6, 6.07) is 10.6. The molecule has 122 valence electrons. The second-order valence-corrected chi connectivity index (χ2v) is 7.33. The Hall–Kier alpha value is -2.16. The van der Waals surface area contributed by atoms with Crippen LogP contribution in [0, 0.1) is 0 Å². The fraction of sp³-hybridized carbons (Fsp3) is 0.0625. The number of carbonyl (C=O) groups excluding carboxylic acids is 2. The summed E-state index contributed by atoms with van der Waals surface area (Å²) in [5.41, 5.74) is 2.87. The first-order valence-corrected chi connectivity index (χ1v) is 8.96. The van der Waals surface area contributed by atoms with E-state index < -0.39 is 5.91 Å². The number of hydrogen-bond donors (Lipinski definition) is 1. The minimum atomic E-state index is -0.457. The average Bonchev–Trinajstić information content (AvgIpc) is 3.19. The average molecular weight is 376 g/mol. The molecule has 1 saturated heterocycles. The second kappa shape index (κ2) is 7.16. The third-order valence-electron chi connectivity index (χ3n) is 3.18. The van der Waals surface area contributed by atoms with Crippen LogP contribution in [0.1, 0.15) is 15.2 Å². The maximum absolute atomic E-state index is 12.5. The number of rotatable bonds is 4. The number of amides is 2. The molecule has 5 nitrogen and oxygen atoms in total. The van der Waals surface area contributed by atoms with E-state index in [4.69, 9.17) is 17.0 Å². The van der Waals surface area contributed by atoms with Gasteiger partial charge in [0.2, 0.25) is 0 Å². The number of para-hydroxylation sites is 1. The Morgan fingerprint density at radius 2 is 2.08 bits per heavy atom. The lowest BCUT2D eigenvalue weighted by atomic mass is 10.2. The van der Waals surface area contributed by atoms with Crippen molar-refractivity contribution in [2.75, 3.05) is 7.11 Å². The summed E-state index contributed by atoms with van der Waals surface area (Å²) in [6.07, 6.45) is 1.76. The van der Waals surface area contributed by atoms with Crippen LogP contribution >= 0.6 is 35.3 Å². The molecule has 24 heavy (non-hydrogen) atoms. The lowest BCUT2D eigenvalue weighted by Crippen LogP contribution is -2.44. The third kappa shape index (κ3) is 3.35. The van der Waals surface area contributed by atoms with Crippen LogP contribution in [0.2, 0.25) is 0 Å². The SMILES string of the molecule is COc1ccccc1C(=O)NN1C(=O)/C(=C\c2cccs2)SC1=S. The van der Waals surface area contributed by atoms with Gasteiger partial charge in [-0.05, 0) is 41.9 Å². The predicted octanol–water partition coefficient (Wildman–Crippen LogP) is 3.30. The van der Waals surface area contributed by atoms with Gasteiger partial charge in [0, 0.05) is 4.88 Å². The van der Waals surface area contributed by atoms with E-state index in [-0.39, 0.29) is 10.2 Å². The van der Waals surface area contributed by atoms with Crippen LogP contribution in [-0.4, -0.2) is 28.3 Å². The van der Waals surface area contributed by atoms with E-state index >= 15 is 0 Å². The van der Waals surface area contributed by atoms with Gasteiger partial charge < -0.3 is 4.74 Å². The standard InChI is InChI=1S/C16H12N2O3S3/c1-21-12-7-3-2-6-11(12)14(19)17-18-15(20)13(24-16(18)22)9-10-5-4-8-23-10/h2-9H,1H3,(H,17,19)/b13-9+. The van der Waals surface area contributed by atoms with E-state index in [0.717, 1.165) is 21.6 Å². The molecule has 0 unspecified atom stereocenters. The summed E-state index contributed by atoms with van der Waals surface area (Å²) in [5.74, 6) is -0.377. The third-order valence-corrected chi connectivity index (χ3v) is 5.30. The van der Waals surface area contributed by atoms with Crippen LogP contribution in [0.15, 0.2) is 46.7 Å². The molecule has 1 N–H and O–H groups in total. The Labute approximate surface area is 152 Å². The molecule has 1 aliphatic heterocycles. The van der Waals surface area contributed by atoms with Crippen molar-refractivity contribution in [2.24, 2.45) is 0 Å². The second-order valence-electron chi connectivity index (χ2n) is 4.67. The quantitative estimate of drug-likeness (QED) is 0.655. The first-order chi connectivity index (χ1) is 11.6. The molecular formula is C16H12N2O3S3. The minimum absolute atomic E-state index is 0.283. The number of nitrogens with one attached hydrogen (secondary N) is 1. The first kappa shape index (κ1) is 16.7. The molecule has 1 aliphatic rings. The maximum atomic E-state index is 12.5. The molecule has 2 amide bonds. The number of thiocarbonyl (C=S) groups is 1. The highest BCUT2D eigenvalue weighted by molar-refractivity contribution is 8.26. The van der Waals surface area contributed by atoms with E-state index in [9.17, 15) is 9.59 Å². The number of methoxy groups -OCH3 is 1. The van der Waals surface area contributed by atoms with Crippen molar-refractivity contribution in [1.29, 1.82) is 0 Å². The fourth-order valence-electron chi connectivity index (χ4n) is 2.06. The van der Waals surface area contributed by atoms with Gasteiger partial charge in [0.25, 0.3) is 11.8 Å². The van der Waals surface area contributed by atoms with Crippen molar-refractivity contribution in [3.8, 4) is 5.75 Å². The topological polar surface area (TPSA) is 58.6 Å². The fourth-order valence-corrected chi connectivity index (χ4v) is 3.96. The highest BCUT2D eigenvalue weighted by atomic mass is 32.2. The van der Waals surface area contributed by atoms with Gasteiger partial charge in [-0.15, -0.1) is 11.3 Å². The number of benzene rings is 1. The molecule has 1 aromatic carbocycles. The Balaban J connectivity index is 1.79. The van der Waals surface area contributed by atoms with E-state index in [0.29, 0.717) is 16.2 Å². The van der Waals surface area contributed by atoms with Gasteiger partial charge in [-0.1, -0.05) is 30.0 Å². The summed E-state index contributed by atoms with van der Waals surface area (Å²) in [6.45, 7) is 0. The number of hydrogen-bond acceptors (Lipinski definition) is 6. The molecule has 1 aromatic heterocycles. The lowest BCUT2D eigenvalue weighted by molar-refractivity contribution is -0.123. The normalized spacial score (nSPS) is 15.9. The monoisotopic (exact) mass is 376 g/mol. The number of thiophene rings is 1. The molecule has 0 atom stereocenters. The zero-order chi connectivity index (χ0) is 17.1. The highest BCUT2D eigenvalue weighted by Crippen LogP contribution is 2.32. The summed E-state index contributed by atoms with van der Waals surface area (Å²) in [5, 5.41) is 3.02. The van der Waals surface area contributed by atoms with E-state index in [1.807, 2.05) is 17.5 Å². The first-order valence-electron chi connectivity index (χ1n) is 6.85. The largest absolute Gasteiger partial charge is 0.496 e. The van der Waals surface area contributed by atoms with Gasteiger partial charge in [-0.2, -0.15) is 5.01 Å². The zero-order valence-corrected chi connectivity index (χ0v) is 15.0. The highest BCUT2D eigenvalue weighted by Gasteiger charge is 2.34.